The number of hydrogen-bond donors (Lipinski definition) is 1. The second kappa shape index (κ2) is 4.61. The molecule has 0 aliphatic rings. The van der Waals surface area contributed by atoms with Gasteiger partial charge in [-0.3, -0.25) is 4.79 Å². The van der Waals surface area contributed by atoms with Crippen molar-refractivity contribution < 1.29 is 14.7 Å². The SMILES string of the molecule is O=Cc1ccc(C(=O)O)c(-c2ccccc2)c1. The average molecular weight is 226 g/mol. The zero-order valence-electron chi connectivity index (χ0n) is 8.96. The van der Waals surface area contributed by atoms with E-state index in [2.05, 4.69) is 0 Å². The Bertz CT molecular complexity index is 559. The van der Waals surface area contributed by atoms with Gasteiger partial charge in [0.15, 0.2) is 0 Å². The van der Waals surface area contributed by atoms with Crippen LogP contribution in [0.3, 0.4) is 0 Å². The zero-order chi connectivity index (χ0) is 12.3. The molecule has 2 aromatic rings. The molecule has 0 unspecified atom stereocenters. The molecule has 2 aromatic carbocycles. The summed E-state index contributed by atoms with van der Waals surface area (Å²) in [5, 5.41) is 9.10. The third kappa shape index (κ3) is 2.23. The standard InChI is InChI=1S/C14H10O3/c15-9-10-6-7-12(14(16)17)13(8-10)11-4-2-1-3-5-11/h1-9H,(H,16,17). The van der Waals surface area contributed by atoms with Crippen LogP contribution in [0.4, 0.5) is 0 Å². The van der Waals surface area contributed by atoms with E-state index in [0.717, 1.165) is 5.56 Å². The highest BCUT2D eigenvalue weighted by atomic mass is 16.4. The average Bonchev–Trinajstić information content (AvgIpc) is 2.39. The Labute approximate surface area is 98.3 Å². The first-order valence-electron chi connectivity index (χ1n) is 5.10. The molecule has 0 heterocycles. The topological polar surface area (TPSA) is 54.4 Å². The summed E-state index contributed by atoms with van der Waals surface area (Å²) in [6.45, 7) is 0. The second-order valence-electron chi connectivity index (χ2n) is 3.59. The van der Waals surface area contributed by atoms with Gasteiger partial charge in [-0.15, -0.1) is 0 Å². The van der Waals surface area contributed by atoms with Crippen molar-refractivity contribution in [3.8, 4) is 11.1 Å². The first kappa shape index (κ1) is 11.1. The van der Waals surface area contributed by atoms with Crippen molar-refractivity contribution in [3.05, 3.63) is 59.7 Å². The number of carboxylic acids is 1. The van der Waals surface area contributed by atoms with Crippen molar-refractivity contribution in [1.82, 2.24) is 0 Å². The second-order valence-corrected chi connectivity index (χ2v) is 3.59. The number of benzene rings is 2. The molecule has 0 aliphatic carbocycles. The Morgan fingerprint density at radius 1 is 1.06 bits per heavy atom. The van der Waals surface area contributed by atoms with Crippen LogP contribution in [0.2, 0.25) is 0 Å². The Balaban J connectivity index is 2.65. The van der Waals surface area contributed by atoms with Gasteiger partial charge in [-0.05, 0) is 23.3 Å². The number of carbonyl (C=O) groups excluding carboxylic acids is 1. The Morgan fingerprint density at radius 3 is 2.35 bits per heavy atom. The summed E-state index contributed by atoms with van der Waals surface area (Å²) < 4.78 is 0. The van der Waals surface area contributed by atoms with Gasteiger partial charge in [0.25, 0.3) is 0 Å². The van der Waals surface area contributed by atoms with E-state index in [1.54, 1.807) is 6.07 Å². The van der Waals surface area contributed by atoms with Crippen LogP contribution in [0.25, 0.3) is 11.1 Å². The smallest absolute Gasteiger partial charge is 0.336 e. The van der Waals surface area contributed by atoms with Crippen LogP contribution in [0.1, 0.15) is 20.7 Å². The highest BCUT2D eigenvalue weighted by molar-refractivity contribution is 5.97. The van der Waals surface area contributed by atoms with E-state index in [1.165, 1.54) is 12.1 Å². The van der Waals surface area contributed by atoms with E-state index in [0.29, 0.717) is 17.4 Å². The Morgan fingerprint density at radius 2 is 1.76 bits per heavy atom. The summed E-state index contributed by atoms with van der Waals surface area (Å²) in [7, 11) is 0. The summed E-state index contributed by atoms with van der Waals surface area (Å²) >= 11 is 0. The lowest BCUT2D eigenvalue weighted by molar-refractivity contribution is 0.0697. The molecule has 0 fully saturated rings. The highest BCUT2D eigenvalue weighted by Gasteiger charge is 2.11. The van der Waals surface area contributed by atoms with Gasteiger partial charge in [-0.25, -0.2) is 4.79 Å². The third-order valence-corrected chi connectivity index (χ3v) is 2.49. The molecule has 0 aromatic heterocycles. The molecule has 0 amide bonds. The normalized spacial score (nSPS) is 9.88. The van der Waals surface area contributed by atoms with Gasteiger partial charge in [0.2, 0.25) is 0 Å². The Kier molecular flexibility index (Phi) is 3.01. The van der Waals surface area contributed by atoms with Gasteiger partial charge in [0.1, 0.15) is 6.29 Å². The molecule has 0 atom stereocenters. The molecule has 0 radical (unpaired) electrons. The van der Waals surface area contributed by atoms with Crippen LogP contribution in [0.5, 0.6) is 0 Å². The van der Waals surface area contributed by atoms with Crippen molar-refractivity contribution in [3.63, 3.8) is 0 Å². The molecular formula is C14H10O3. The molecule has 0 aliphatic heterocycles. The van der Waals surface area contributed by atoms with E-state index in [-0.39, 0.29) is 5.56 Å². The van der Waals surface area contributed by atoms with Gasteiger partial charge in [-0.2, -0.15) is 0 Å². The van der Waals surface area contributed by atoms with Crippen LogP contribution in [0, 0.1) is 0 Å². The summed E-state index contributed by atoms with van der Waals surface area (Å²) in [5.41, 5.74) is 2.01. The number of carboxylic acid groups (broad SMARTS) is 1. The molecule has 0 spiro atoms. The fraction of sp³-hybridized carbons (Fsp3) is 0. The maximum absolute atomic E-state index is 11.1. The van der Waals surface area contributed by atoms with Crippen LogP contribution in [-0.4, -0.2) is 17.4 Å². The van der Waals surface area contributed by atoms with E-state index in [9.17, 15) is 9.59 Å². The number of hydrogen-bond acceptors (Lipinski definition) is 2. The summed E-state index contributed by atoms with van der Waals surface area (Å²) in [4.78, 5) is 21.8. The van der Waals surface area contributed by atoms with Crippen LogP contribution in [-0.2, 0) is 0 Å². The van der Waals surface area contributed by atoms with Crippen molar-refractivity contribution in [2.75, 3.05) is 0 Å². The van der Waals surface area contributed by atoms with Crippen LogP contribution < -0.4 is 0 Å². The van der Waals surface area contributed by atoms with Crippen molar-refractivity contribution in [1.29, 1.82) is 0 Å². The highest BCUT2D eigenvalue weighted by Crippen LogP contribution is 2.24. The largest absolute Gasteiger partial charge is 0.478 e. The number of aldehydes is 1. The van der Waals surface area contributed by atoms with E-state index in [4.69, 9.17) is 5.11 Å². The molecule has 3 heteroatoms. The van der Waals surface area contributed by atoms with Gasteiger partial charge in [0, 0.05) is 5.56 Å². The first-order chi connectivity index (χ1) is 8.22. The van der Waals surface area contributed by atoms with E-state index < -0.39 is 5.97 Å². The number of aromatic carboxylic acids is 1. The minimum absolute atomic E-state index is 0.196. The van der Waals surface area contributed by atoms with E-state index >= 15 is 0 Å². The molecule has 0 bridgehead atoms. The monoisotopic (exact) mass is 226 g/mol. The van der Waals surface area contributed by atoms with Gasteiger partial charge in [0.05, 0.1) is 5.56 Å². The predicted octanol–water partition coefficient (Wildman–Crippen LogP) is 2.86. The maximum Gasteiger partial charge on any atom is 0.336 e. The molecule has 17 heavy (non-hydrogen) atoms. The van der Waals surface area contributed by atoms with Gasteiger partial charge < -0.3 is 5.11 Å². The molecule has 84 valence electrons. The zero-order valence-corrected chi connectivity index (χ0v) is 8.96. The minimum Gasteiger partial charge on any atom is -0.478 e. The predicted molar refractivity (Wildman–Crippen MR) is 64.2 cm³/mol. The van der Waals surface area contributed by atoms with Crippen LogP contribution >= 0.6 is 0 Å². The van der Waals surface area contributed by atoms with E-state index in [1.807, 2.05) is 30.3 Å². The van der Waals surface area contributed by atoms with Crippen molar-refractivity contribution in [2.45, 2.75) is 0 Å². The van der Waals surface area contributed by atoms with Crippen LogP contribution in [0.15, 0.2) is 48.5 Å². The van der Waals surface area contributed by atoms with Gasteiger partial charge in [-0.1, -0.05) is 36.4 Å². The van der Waals surface area contributed by atoms with Crippen molar-refractivity contribution in [2.24, 2.45) is 0 Å². The quantitative estimate of drug-likeness (QED) is 0.819. The van der Waals surface area contributed by atoms with Crippen molar-refractivity contribution >= 4 is 12.3 Å². The maximum atomic E-state index is 11.1. The first-order valence-corrected chi connectivity index (χ1v) is 5.10. The Hall–Kier alpha value is -2.42. The minimum atomic E-state index is -0.999. The lowest BCUT2D eigenvalue weighted by atomic mass is 9.97. The molecular weight excluding hydrogens is 216 g/mol. The third-order valence-electron chi connectivity index (χ3n) is 2.49. The lowest BCUT2D eigenvalue weighted by Crippen LogP contribution is -2.00. The summed E-state index contributed by atoms with van der Waals surface area (Å²) in [5.74, 6) is -0.999. The number of carbonyl (C=O) groups is 2. The molecule has 1 N–H and O–H groups in total. The molecule has 2 rings (SSSR count). The molecule has 3 nitrogen and oxygen atoms in total. The lowest BCUT2D eigenvalue weighted by Gasteiger charge is -2.06. The molecule has 0 saturated heterocycles. The number of rotatable bonds is 3. The fourth-order valence-electron chi connectivity index (χ4n) is 1.68. The summed E-state index contributed by atoms with van der Waals surface area (Å²) in [6, 6.07) is 13.7. The van der Waals surface area contributed by atoms with Gasteiger partial charge >= 0.3 is 5.97 Å². The summed E-state index contributed by atoms with van der Waals surface area (Å²) in [6.07, 6.45) is 0.706. The fourth-order valence-corrected chi connectivity index (χ4v) is 1.68. The molecule has 0 saturated carbocycles.